The first-order chi connectivity index (χ1) is 20.2. The highest BCUT2D eigenvalue weighted by molar-refractivity contribution is 5.43. The van der Waals surface area contributed by atoms with Crippen molar-refractivity contribution in [3.63, 3.8) is 0 Å². The zero-order chi connectivity index (χ0) is 27.7. The molecule has 0 aliphatic heterocycles. The molecule has 6 aromatic carbocycles. The van der Waals surface area contributed by atoms with Crippen molar-refractivity contribution in [2.45, 2.75) is 0 Å². The minimum absolute atomic E-state index is 0.680. The van der Waals surface area contributed by atoms with Crippen LogP contribution in [-0.2, 0) is 0 Å². The fourth-order valence-corrected chi connectivity index (χ4v) is 4.01. The lowest BCUT2D eigenvalue weighted by Gasteiger charge is -2.11. The summed E-state index contributed by atoms with van der Waals surface area (Å²) >= 11 is 0. The highest BCUT2D eigenvalue weighted by Gasteiger charge is 2.05. The average molecular weight is 539 g/mol. The molecular formula is C36H26O5. The maximum absolute atomic E-state index is 6.01. The van der Waals surface area contributed by atoms with Gasteiger partial charge in [0.15, 0.2) is 0 Å². The van der Waals surface area contributed by atoms with Crippen molar-refractivity contribution < 1.29 is 23.7 Å². The Labute approximate surface area is 238 Å². The van der Waals surface area contributed by atoms with Crippen LogP contribution < -0.4 is 23.7 Å². The summed E-state index contributed by atoms with van der Waals surface area (Å²) in [7, 11) is 0. The van der Waals surface area contributed by atoms with Crippen LogP contribution in [0.4, 0.5) is 0 Å². The van der Waals surface area contributed by atoms with Crippen LogP contribution in [0.5, 0.6) is 57.5 Å². The van der Waals surface area contributed by atoms with Gasteiger partial charge in [-0.15, -0.1) is 0 Å². The zero-order valence-electron chi connectivity index (χ0n) is 22.1. The molecule has 6 rings (SSSR count). The molecule has 0 saturated carbocycles. The SMILES string of the molecule is c1ccc(Oc2cccc(Oc3ccc(Oc4ccc(Oc5cccc(Oc6ccccc6)c5)cc4)cc3)c2)cc1. The fourth-order valence-electron chi connectivity index (χ4n) is 4.01. The van der Waals surface area contributed by atoms with Gasteiger partial charge in [-0.2, -0.15) is 0 Å². The van der Waals surface area contributed by atoms with Crippen molar-refractivity contribution in [1.82, 2.24) is 0 Å². The summed E-state index contributed by atoms with van der Waals surface area (Å²) in [5.41, 5.74) is 0. The zero-order valence-corrected chi connectivity index (χ0v) is 22.1. The lowest BCUT2D eigenvalue weighted by atomic mass is 10.3. The third-order valence-electron chi connectivity index (χ3n) is 5.92. The van der Waals surface area contributed by atoms with E-state index in [4.69, 9.17) is 23.7 Å². The van der Waals surface area contributed by atoms with Crippen LogP contribution in [0, 0.1) is 0 Å². The van der Waals surface area contributed by atoms with Gasteiger partial charge < -0.3 is 23.7 Å². The van der Waals surface area contributed by atoms with E-state index in [1.165, 1.54) is 0 Å². The van der Waals surface area contributed by atoms with Crippen molar-refractivity contribution in [3.05, 3.63) is 158 Å². The van der Waals surface area contributed by atoms with E-state index in [2.05, 4.69) is 0 Å². The second kappa shape index (κ2) is 12.5. The van der Waals surface area contributed by atoms with Gasteiger partial charge in [0.2, 0.25) is 0 Å². The minimum atomic E-state index is 0.680. The van der Waals surface area contributed by atoms with E-state index in [0.717, 1.165) is 11.5 Å². The van der Waals surface area contributed by atoms with Gasteiger partial charge in [-0.1, -0.05) is 48.5 Å². The normalized spacial score (nSPS) is 10.4. The molecule has 0 amide bonds. The van der Waals surface area contributed by atoms with Crippen molar-refractivity contribution in [1.29, 1.82) is 0 Å². The quantitative estimate of drug-likeness (QED) is 0.174. The summed E-state index contributed by atoms with van der Waals surface area (Å²) in [5.74, 6) is 7.08. The van der Waals surface area contributed by atoms with Crippen LogP contribution in [0.25, 0.3) is 0 Å². The third kappa shape index (κ3) is 7.25. The van der Waals surface area contributed by atoms with Gasteiger partial charge in [-0.25, -0.2) is 0 Å². The highest BCUT2D eigenvalue weighted by Crippen LogP contribution is 2.32. The molecule has 0 aromatic heterocycles. The summed E-state index contributed by atoms with van der Waals surface area (Å²) in [4.78, 5) is 0. The van der Waals surface area contributed by atoms with Crippen LogP contribution in [-0.4, -0.2) is 0 Å². The number of para-hydroxylation sites is 2. The first-order valence-corrected chi connectivity index (χ1v) is 13.1. The molecule has 0 aliphatic rings. The molecule has 0 heterocycles. The van der Waals surface area contributed by atoms with E-state index in [1.54, 1.807) is 0 Å². The largest absolute Gasteiger partial charge is 0.457 e. The predicted octanol–water partition coefficient (Wildman–Crippen LogP) is 10.6. The number of benzene rings is 6. The lowest BCUT2D eigenvalue weighted by Crippen LogP contribution is -1.89. The van der Waals surface area contributed by atoms with Gasteiger partial charge in [-0.3, -0.25) is 0 Å². The molecule has 5 nitrogen and oxygen atoms in total. The van der Waals surface area contributed by atoms with E-state index >= 15 is 0 Å². The smallest absolute Gasteiger partial charge is 0.131 e. The third-order valence-corrected chi connectivity index (χ3v) is 5.92. The average Bonchev–Trinajstić information content (AvgIpc) is 3.01. The second-order valence-electron chi connectivity index (χ2n) is 9.03. The molecule has 0 unspecified atom stereocenters. The summed E-state index contributed by atoms with van der Waals surface area (Å²) in [6.45, 7) is 0. The second-order valence-corrected chi connectivity index (χ2v) is 9.03. The molecule has 41 heavy (non-hydrogen) atoms. The van der Waals surface area contributed by atoms with E-state index in [0.29, 0.717) is 46.0 Å². The van der Waals surface area contributed by atoms with Gasteiger partial charge >= 0.3 is 0 Å². The van der Waals surface area contributed by atoms with Crippen LogP contribution >= 0.6 is 0 Å². The summed E-state index contributed by atoms with van der Waals surface area (Å²) in [5, 5.41) is 0. The van der Waals surface area contributed by atoms with Crippen LogP contribution in [0.2, 0.25) is 0 Å². The summed E-state index contributed by atoms with van der Waals surface area (Å²) in [6, 6.07) is 49.3. The highest BCUT2D eigenvalue weighted by atomic mass is 16.5. The molecule has 0 spiro atoms. The first kappa shape index (κ1) is 25.6. The van der Waals surface area contributed by atoms with Gasteiger partial charge in [-0.05, 0) is 97.1 Å². The standard InChI is InChI=1S/C36H26O5/c1-3-9-27(10-4-1)38-33-13-7-15-35(25-33)40-31-21-17-29(18-22-31)37-30-19-23-32(24-20-30)41-36-16-8-14-34(26-36)39-28-11-5-2-6-12-28/h1-26H. The topological polar surface area (TPSA) is 46.2 Å². The summed E-state index contributed by atoms with van der Waals surface area (Å²) < 4.78 is 29.8. The van der Waals surface area contributed by atoms with Gasteiger partial charge in [0.05, 0.1) is 0 Å². The molecule has 6 aromatic rings. The lowest BCUT2D eigenvalue weighted by molar-refractivity contribution is 0.454. The molecule has 0 bridgehead atoms. The Morgan fingerprint density at radius 3 is 0.707 bits per heavy atom. The van der Waals surface area contributed by atoms with E-state index in [9.17, 15) is 0 Å². The Balaban J connectivity index is 1.03. The molecule has 200 valence electrons. The Morgan fingerprint density at radius 2 is 0.415 bits per heavy atom. The van der Waals surface area contributed by atoms with E-state index in [1.807, 2.05) is 158 Å². The van der Waals surface area contributed by atoms with Crippen molar-refractivity contribution in [3.8, 4) is 57.5 Å². The molecule has 0 N–H and O–H groups in total. The number of rotatable bonds is 10. The molecule has 5 heteroatoms. The Bertz CT molecular complexity index is 1550. The van der Waals surface area contributed by atoms with Crippen LogP contribution in [0.1, 0.15) is 0 Å². The Kier molecular flexibility index (Phi) is 7.77. The van der Waals surface area contributed by atoms with E-state index < -0.39 is 0 Å². The molecule has 0 aliphatic carbocycles. The van der Waals surface area contributed by atoms with Crippen molar-refractivity contribution in [2.75, 3.05) is 0 Å². The van der Waals surface area contributed by atoms with Gasteiger partial charge in [0.25, 0.3) is 0 Å². The predicted molar refractivity (Wildman–Crippen MR) is 159 cm³/mol. The fraction of sp³-hybridized carbons (Fsp3) is 0. The van der Waals surface area contributed by atoms with Gasteiger partial charge in [0, 0.05) is 12.1 Å². The number of hydrogen-bond acceptors (Lipinski definition) is 5. The minimum Gasteiger partial charge on any atom is -0.457 e. The summed E-state index contributed by atoms with van der Waals surface area (Å²) in [6.07, 6.45) is 0. The first-order valence-electron chi connectivity index (χ1n) is 13.1. The molecule has 0 radical (unpaired) electrons. The van der Waals surface area contributed by atoms with E-state index in [-0.39, 0.29) is 0 Å². The Morgan fingerprint density at radius 1 is 0.195 bits per heavy atom. The van der Waals surface area contributed by atoms with Gasteiger partial charge in [0.1, 0.15) is 57.5 Å². The molecular weight excluding hydrogens is 512 g/mol. The number of hydrogen-bond donors (Lipinski definition) is 0. The molecule has 0 saturated heterocycles. The van der Waals surface area contributed by atoms with Crippen LogP contribution in [0.3, 0.4) is 0 Å². The van der Waals surface area contributed by atoms with Crippen LogP contribution in [0.15, 0.2) is 158 Å². The maximum Gasteiger partial charge on any atom is 0.131 e. The number of ether oxygens (including phenoxy) is 5. The van der Waals surface area contributed by atoms with Crippen molar-refractivity contribution in [2.24, 2.45) is 0 Å². The molecule has 0 atom stereocenters. The monoisotopic (exact) mass is 538 g/mol. The van der Waals surface area contributed by atoms with Crippen molar-refractivity contribution >= 4 is 0 Å². The molecule has 0 fully saturated rings. The Hall–Kier alpha value is -5.68. The maximum atomic E-state index is 6.01.